The molecule has 0 aromatic heterocycles. The Morgan fingerprint density at radius 2 is 1.81 bits per heavy atom. The van der Waals surface area contributed by atoms with Gasteiger partial charge in [-0.3, -0.25) is 9.59 Å². The second-order valence-corrected chi connectivity index (χ2v) is 7.23. The number of anilines is 1. The highest BCUT2D eigenvalue weighted by molar-refractivity contribution is 6.04. The van der Waals surface area contributed by atoms with E-state index in [1.54, 1.807) is 23.1 Å². The van der Waals surface area contributed by atoms with E-state index >= 15 is 0 Å². The molecule has 0 aliphatic heterocycles. The first-order chi connectivity index (χ1) is 13.0. The van der Waals surface area contributed by atoms with Gasteiger partial charge in [0, 0.05) is 24.4 Å². The molecule has 2 aromatic carbocycles. The molecule has 0 saturated heterocycles. The van der Waals surface area contributed by atoms with Crippen LogP contribution in [0.1, 0.15) is 48.7 Å². The molecule has 1 aliphatic carbocycles. The molecular formula is C23H26N2O2. The number of carbonyl (C=O) groups is 2. The fourth-order valence-corrected chi connectivity index (χ4v) is 3.04. The molecule has 0 heterocycles. The maximum Gasteiger partial charge on any atom is 0.255 e. The lowest BCUT2D eigenvalue weighted by Crippen LogP contribution is -2.28. The summed E-state index contributed by atoms with van der Waals surface area (Å²) in [5.74, 6) is 0.465. The predicted octanol–water partition coefficient (Wildman–Crippen LogP) is 4.81. The molecular weight excluding hydrogens is 336 g/mol. The number of amides is 2. The van der Waals surface area contributed by atoms with Gasteiger partial charge in [-0.1, -0.05) is 35.9 Å². The third-order valence-corrected chi connectivity index (χ3v) is 5.16. The highest BCUT2D eigenvalue weighted by atomic mass is 16.2. The van der Waals surface area contributed by atoms with Crippen LogP contribution in [0.3, 0.4) is 0 Å². The smallest absolute Gasteiger partial charge is 0.255 e. The van der Waals surface area contributed by atoms with Crippen molar-refractivity contribution in [1.82, 2.24) is 4.90 Å². The fraction of sp³-hybridized carbons (Fsp3) is 0.304. The van der Waals surface area contributed by atoms with E-state index in [0.717, 1.165) is 11.3 Å². The van der Waals surface area contributed by atoms with Gasteiger partial charge in [-0.25, -0.2) is 0 Å². The van der Waals surface area contributed by atoms with Gasteiger partial charge < -0.3 is 10.2 Å². The lowest BCUT2D eigenvalue weighted by atomic mass is 10.1. The molecule has 0 bridgehead atoms. The van der Waals surface area contributed by atoms with Gasteiger partial charge in [0.15, 0.2) is 0 Å². The summed E-state index contributed by atoms with van der Waals surface area (Å²) in [7, 11) is 1.82. The van der Waals surface area contributed by atoms with Crippen LogP contribution in [0.25, 0.3) is 0 Å². The molecule has 1 aliphatic rings. The van der Waals surface area contributed by atoms with E-state index in [0.29, 0.717) is 11.5 Å². The summed E-state index contributed by atoms with van der Waals surface area (Å²) in [4.78, 5) is 26.6. The van der Waals surface area contributed by atoms with Gasteiger partial charge in [0.25, 0.3) is 5.91 Å². The topological polar surface area (TPSA) is 49.4 Å². The van der Waals surface area contributed by atoms with Crippen LogP contribution in [0, 0.1) is 5.92 Å². The highest BCUT2D eigenvalue weighted by Crippen LogP contribution is 2.36. The number of rotatable bonds is 6. The van der Waals surface area contributed by atoms with Gasteiger partial charge in [-0.05, 0) is 62.4 Å². The van der Waals surface area contributed by atoms with E-state index in [1.165, 1.54) is 18.4 Å². The number of hydrogen-bond donors (Lipinski definition) is 1. The van der Waals surface area contributed by atoms with Crippen molar-refractivity contribution in [2.24, 2.45) is 5.92 Å². The maximum absolute atomic E-state index is 12.5. The lowest BCUT2D eigenvalue weighted by Gasteiger charge is -2.25. The number of nitrogens with zero attached hydrogens (tertiary/aromatic N) is 1. The largest absolute Gasteiger partial charge is 0.335 e. The van der Waals surface area contributed by atoms with Gasteiger partial charge in [-0.2, -0.15) is 0 Å². The average Bonchev–Trinajstić information content (AvgIpc) is 3.53. The van der Waals surface area contributed by atoms with Crippen LogP contribution in [-0.4, -0.2) is 23.8 Å². The molecule has 0 spiro atoms. The molecule has 0 unspecified atom stereocenters. The molecule has 2 aromatic rings. The van der Waals surface area contributed by atoms with Crippen molar-refractivity contribution in [2.45, 2.75) is 32.7 Å². The van der Waals surface area contributed by atoms with E-state index < -0.39 is 0 Å². The van der Waals surface area contributed by atoms with Crippen LogP contribution < -0.4 is 5.32 Å². The van der Waals surface area contributed by atoms with Gasteiger partial charge >= 0.3 is 0 Å². The molecule has 3 rings (SSSR count). The first kappa shape index (κ1) is 18.9. The van der Waals surface area contributed by atoms with Crippen molar-refractivity contribution >= 4 is 17.5 Å². The van der Waals surface area contributed by atoms with E-state index in [-0.39, 0.29) is 17.9 Å². The number of nitrogens with one attached hydrogen (secondary N) is 1. The Morgan fingerprint density at radius 3 is 2.48 bits per heavy atom. The third-order valence-electron chi connectivity index (χ3n) is 5.16. The quantitative estimate of drug-likeness (QED) is 0.749. The van der Waals surface area contributed by atoms with Crippen LogP contribution >= 0.6 is 0 Å². The first-order valence-corrected chi connectivity index (χ1v) is 9.37. The van der Waals surface area contributed by atoms with Crippen LogP contribution in [0.2, 0.25) is 0 Å². The Kier molecular flexibility index (Phi) is 5.75. The minimum Gasteiger partial charge on any atom is -0.335 e. The van der Waals surface area contributed by atoms with E-state index in [4.69, 9.17) is 0 Å². The van der Waals surface area contributed by atoms with Crippen LogP contribution in [0.5, 0.6) is 0 Å². The number of allylic oxidation sites excluding steroid dienone is 1. The van der Waals surface area contributed by atoms with Crippen LogP contribution in [-0.2, 0) is 4.79 Å². The van der Waals surface area contributed by atoms with Gasteiger partial charge in [0.2, 0.25) is 5.91 Å². The number of carbonyl (C=O) groups excluding carboxylic acids is 2. The summed E-state index contributed by atoms with van der Waals surface area (Å²) in [5.41, 5.74) is 3.49. The number of benzene rings is 2. The first-order valence-electron chi connectivity index (χ1n) is 9.37. The van der Waals surface area contributed by atoms with Crippen molar-refractivity contribution in [1.29, 1.82) is 0 Å². The zero-order valence-electron chi connectivity index (χ0n) is 16.1. The average molecular weight is 362 g/mol. The second-order valence-electron chi connectivity index (χ2n) is 7.23. The fourth-order valence-electron chi connectivity index (χ4n) is 3.04. The second kappa shape index (κ2) is 8.21. The molecule has 0 radical (unpaired) electrons. The molecule has 1 saturated carbocycles. The van der Waals surface area contributed by atoms with Crippen molar-refractivity contribution < 1.29 is 9.59 Å². The summed E-state index contributed by atoms with van der Waals surface area (Å²) in [6.07, 6.45) is 4.14. The monoisotopic (exact) mass is 362 g/mol. The molecule has 140 valence electrons. The van der Waals surface area contributed by atoms with Gasteiger partial charge in [0.05, 0.1) is 6.04 Å². The van der Waals surface area contributed by atoms with E-state index in [1.807, 2.05) is 63.4 Å². The van der Waals surface area contributed by atoms with Gasteiger partial charge in [0.1, 0.15) is 0 Å². The van der Waals surface area contributed by atoms with Crippen LogP contribution in [0.15, 0.2) is 66.2 Å². The SMILES string of the molecule is C/C(=C/C(=O)N(C)[C@H](C)c1cccc(NC(=O)c2ccccc2)c1)C1CC1. The third kappa shape index (κ3) is 4.85. The minimum atomic E-state index is -0.146. The minimum absolute atomic E-state index is 0.0191. The zero-order chi connectivity index (χ0) is 19.4. The molecule has 2 amide bonds. The Hall–Kier alpha value is -2.88. The number of hydrogen-bond acceptors (Lipinski definition) is 2. The van der Waals surface area contributed by atoms with Crippen molar-refractivity contribution in [3.8, 4) is 0 Å². The maximum atomic E-state index is 12.5. The standard InChI is InChI=1S/C23H26N2O2/c1-16(18-12-13-18)14-22(26)25(3)17(2)20-10-7-11-21(15-20)24-23(27)19-8-5-4-6-9-19/h4-11,14-15,17-18H,12-13H2,1-3H3,(H,24,27)/b16-14-/t17-/m1/s1. The van der Waals surface area contributed by atoms with E-state index in [2.05, 4.69) is 5.32 Å². The molecule has 1 atom stereocenters. The summed E-state index contributed by atoms with van der Waals surface area (Å²) in [6.45, 7) is 4.03. The normalized spacial score (nSPS) is 15.1. The Bertz CT molecular complexity index is 854. The van der Waals surface area contributed by atoms with Crippen molar-refractivity contribution in [3.05, 3.63) is 77.4 Å². The summed E-state index contributed by atoms with van der Waals surface area (Å²) < 4.78 is 0. The van der Waals surface area contributed by atoms with Gasteiger partial charge in [-0.15, -0.1) is 0 Å². The Morgan fingerprint density at radius 1 is 1.11 bits per heavy atom. The summed E-state index contributed by atoms with van der Waals surface area (Å²) in [6, 6.07) is 16.7. The Labute approximate surface area is 160 Å². The Balaban J connectivity index is 1.69. The number of likely N-dealkylation sites (N-methyl/N-ethyl adjacent to an activating group) is 1. The highest BCUT2D eigenvalue weighted by Gasteiger charge is 2.24. The summed E-state index contributed by atoms with van der Waals surface area (Å²) in [5, 5.41) is 2.92. The molecule has 27 heavy (non-hydrogen) atoms. The molecule has 1 N–H and O–H groups in total. The van der Waals surface area contributed by atoms with Crippen molar-refractivity contribution in [3.63, 3.8) is 0 Å². The predicted molar refractivity (Wildman–Crippen MR) is 109 cm³/mol. The molecule has 4 heteroatoms. The van der Waals surface area contributed by atoms with E-state index in [9.17, 15) is 9.59 Å². The lowest BCUT2D eigenvalue weighted by molar-refractivity contribution is -0.126. The molecule has 4 nitrogen and oxygen atoms in total. The van der Waals surface area contributed by atoms with Crippen LogP contribution in [0.4, 0.5) is 5.69 Å². The summed E-state index contributed by atoms with van der Waals surface area (Å²) >= 11 is 0. The van der Waals surface area contributed by atoms with Crippen molar-refractivity contribution in [2.75, 3.05) is 12.4 Å². The zero-order valence-corrected chi connectivity index (χ0v) is 16.1. The molecule has 1 fully saturated rings.